The van der Waals surface area contributed by atoms with Crippen LogP contribution < -0.4 is 0 Å². The normalized spacial score (nSPS) is 20.7. The van der Waals surface area contributed by atoms with Crippen LogP contribution in [0.3, 0.4) is 0 Å². The minimum Gasteiger partial charge on any atom is -0.258 e. The predicted octanol–water partition coefficient (Wildman–Crippen LogP) is 3.96. The molecule has 0 bridgehead atoms. The van der Waals surface area contributed by atoms with E-state index in [0.29, 0.717) is 0 Å². The van der Waals surface area contributed by atoms with Crippen molar-refractivity contribution in [1.82, 2.24) is 9.97 Å². The first-order chi connectivity index (χ1) is 9.56. The lowest BCUT2D eigenvalue weighted by Crippen LogP contribution is -1.92. The summed E-state index contributed by atoms with van der Waals surface area (Å²) in [5, 5.41) is 11.3. The predicted molar refractivity (Wildman–Crippen MR) is 75.2 cm³/mol. The van der Waals surface area contributed by atoms with Gasteiger partial charge in [-0.25, -0.2) is 9.97 Å². The molecule has 1 aliphatic rings. The van der Waals surface area contributed by atoms with Crippen LogP contribution in [0.4, 0.5) is 5.69 Å². The molecule has 1 aromatic carbocycles. The molecule has 2 atom stereocenters. The summed E-state index contributed by atoms with van der Waals surface area (Å²) in [6, 6.07) is 4.95. The Labute approximate surface area is 124 Å². The fourth-order valence-corrected chi connectivity index (χ4v) is 2.63. The Morgan fingerprint density at radius 2 is 1.80 bits per heavy atom. The van der Waals surface area contributed by atoms with Crippen molar-refractivity contribution >= 4 is 28.9 Å². The molecule has 102 valence electrons. The lowest BCUT2D eigenvalue weighted by atomic mass is 10.1. The monoisotopic (exact) mass is 309 g/mol. The Morgan fingerprint density at radius 1 is 1.15 bits per heavy atom. The summed E-state index contributed by atoms with van der Waals surface area (Å²) in [5.41, 5.74) is 1.86. The maximum absolute atomic E-state index is 10.9. The second-order valence-electron chi connectivity index (χ2n) is 4.70. The van der Waals surface area contributed by atoms with Crippen LogP contribution in [0.1, 0.15) is 29.4 Å². The van der Waals surface area contributed by atoms with Gasteiger partial charge in [0.1, 0.15) is 5.02 Å². The fraction of sp³-hybridized carbons (Fsp3) is 0.231. The van der Waals surface area contributed by atoms with Crippen molar-refractivity contribution in [2.75, 3.05) is 0 Å². The van der Waals surface area contributed by atoms with Gasteiger partial charge < -0.3 is 0 Å². The standard InChI is InChI=1S/C13H9Cl2N3O2/c14-11-2-1-7(3-12(11)18(19)20)9-4-10(9)8-5-16-13(15)17-6-8/h1-3,5-6,9-10H,4H2/t9-,10-/m0/s1. The quantitative estimate of drug-likeness (QED) is 0.489. The Kier molecular flexibility index (Phi) is 3.31. The van der Waals surface area contributed by atoms with Gasteiger partial charge in [0, 0.05) is 18.5 Å². The zero-order valence-electron chi connectivity index (χ0n) is 10.2. The van der Waals surface area contributed by atoms with Crippen molar-refractivity contribution < 1.29 is 4.92 Å². The summed E-state index contributed by atoms with van der Waals surface area (Å²) < 4.78 is 0. The largest absolute Gasteiger partial charge is 0.288 e. The van der Waals surface area contributed by atoms with Gasteiger partial charge in [-0.05, 0) is 47.1 Å². The number of hydrogen-bond donors (Lipinski definition) is 0. The first kappa shape index (κ1) is 13.3. The Bertz CT molecular complexity index is 676. The molecule has 20 heavy (non-hydrogen) atoms. The van der Waals surface area contributed by atoms with E-state index < -0.39 is 4.92 Å². The highest BCUT2D eigenvalue weighted by Gasteiger charge is 2.40. The van der Waals surface area contributed by atoms with Crippen LogP contribution in [-0.2, 0) is 0 Å². The van der Waals surface area contributed by atoms with E-state index in [2.05, 4.69) is 9.97 Å². The maximum atomic E-state index is 10.9. The Hall–Kier alpha value is -1.72. The molecule has 0 radical (unpaired) electrons. The molecule has 0 amide bonds. The van der Waals surface area contributed by atoms with Crippen LogP contribution in [0.2, 0.25) is 10.3 Å². The molecule has 0 N–H and O–H groups in total. The van der Waals surface area contributed by atoms with Gasteiger partial charge in [-0.2, -0.15) is 0 Å². The lowest BCUT2D eigenvalue weighted by Gasteiger charge is -2.02. The third-order valence-electron chi connectivity index (χ3n) is 3.45. The highest BCUT2D eigenvalue weighted by atomic mass is 35.5. The number of nitro benzene ring substituents is 1. The van der Waals surface area contributed by atoms with Crippen LogP contribution in [0.5, 0.6) is 0 Å². The van der Waals surface area contributed by atoms with E-state index in [1.165, 1.54) is 0 Å². The van der Waals surface area contributed by atoms with E-state index in [4.69, 9.17) is 23.2 Å². The number of hydrogen-bond acceptors (Lipinski definition) is 4. The summed E-state index contributed by atoms with van der Waals surface area (Å²) in [4.78, 5) is 18.3. The number of halogens is 2. The molecule has 0 aliphatic heterocycles. The topological polar surface area (TPSA) is 68.9 Å². The molecular formula is C13H9Cl2N3O2. The van der Waals surface area contributed by atoms with Gasteiger partial charge >= 0.3 is 0 Å². The minimum atomic E-state index is -0.464. The molecule has 1 fully saturated rings. The number of aromatic nitrogens is 2. The van der Waals surface area contributed by atoms with Gasteiger partial charge in [-0.3, -0.25) is 10.1 Å². The van der Waals surface area contributed by atoms with Gasteiger partial charge in [0.05, 0.1) is 4.92 Å². The van der Waals surface area contributed by atoms with E-state index in [1.807, 2.05) is 6.07 Å². The van der Waals surface area contributed by atoms with E-state index in [1.54, 1.807) is 24.5 Å². The van der Waals surface area contributed by atoms with Gasteiger partial charge in [-0.15, -0.1) is 0 Å². The fourth-order valence-electron chi connectivity index (χ4n) is 2.35. The number of nitro groups is 1. The molecule has 3 rings (SSSR count). The smallest absolute Gasteiger partial charge is 0.258 e. The highest BCUT2D eigenvalue weighted by Crippen LogP contribution is 2.55. The molecule has 1 saturated carbocycles. The average Bonchev–Trinajstić information content (AvgIpc) is 3.20. The van der Waals surface area contributed by atoms with E-state index in [0.717, 1.165) is 17.5 Å². The first-order valence-corrected chi connectivity index (χ1v) is 6.73. The molecule has 1 heterocycles. The zero-order valence-corrected chi connectivity index (χ0v) is 11.7. The highest BCUT2D eigenvalue weighted by molar-refractivity contribution is 6.32. The summed E-state index contributed by atoms with van der Waals surface area (Å²) in [6.45, 7) is 0. The second kappa shape index (κ2) is 5.00. The zero-order chi connectivity index (χ0) is 14.3. The van der Waals surface area contributed by atoms with Crippen molar-refractivity contribution in [3.63, 3.8) is 0 Å². The van der Waals surface area contributed by atoms with Crippen LogP contribution in [0.25, 0.3) is 0 Å². The lowest BCUT2D eigenvalue weighted by molar-refractivity contribution is -0.384. The molecule has 0 saturated heterocycles. The summed E-state index contributed by atoms with van der Waals surface area (Å²) in [7, 11) is 0. The molecule has 1 aromatic heterocycles. The van der Waals surface area contributed by atoms with Crippen molar-refractivity contribution in [3.05, 3.63) is 62.1 Å². The number of nitrogens with zero attached hydrogens (tertiary/aromatic N) is 3. The SMILES string of the molecule is O=[N+]([O-])c1cc([C@@H]2C[C@H]2c2cnc(Cl)nc2)ccc1Cl. The Morgan fingerprint density at radius 3 is 2.45 bits per heavy atom. The third-order valence-corrected chi connectivity index (χ3v) is 3.97. The van der Waals surface area contributed by atoms with Crippen molar-refractivity contribution in [2.24, 2.45) is 0 Å². The average molecular weight is 310 g/mol. The summed E-state index contributed by atoms with van der Waals surface area (Å²) >= 11 is 11.5. The number of rotatable bonds is 3. The number of benzene rings is 1. The van der Waals surface area contributed by atoms with Gasteiger partial charge in [-0.1, -0.05) is 17.7 Å². The van der Waals surface area contributed by atoms with Crippen molar-refractivity contribution in [2.45, 2.75) is 18.3 Å². The second-order valence-corrected chi connectivity index (χ2v) is 5.45. The maximum Gasteiger partial charge on any atom is 0.288 e. The molecule has 1 aliphatic carbocycles. The molecular weight excluding hydrogens is 301 g/mol. The van der Waals surface area contributed by atoms with Crippen LogP contribution in [0, 0.1) is 10.1 Å². The molecule has 7 heteroatoms. The summed E-state index contributed by atoms with van der Waals surface area (Å²) in [5.74, 6) is 0.531. The molecule has 0 unspecified atom stereocenters. The van der Waals surface area contributed by atoms with E-state index in [-0.39, 0.29) is 27.8 Å². The van der Waals surface area contributed by atoms with Crippen molar-refractivity contribution in [3.8, 4) is 0 Å². The van der Waals surface area contributed by atoms with E-state index >= 15 is 0 Å². The minimum absolute atomic E-state index is 0.0535. The van der Waals surface area contributed by atoms with Crippen molar-refractivity contribution in [1.29, 1.82) is 0 Å². The van der Waals surface area contributed by atoms with Gasteiger partial charge in [0.25, 0.3) is 5.69 Å². The summed E-state index contributed by atoms with van der Waals surface area (Å²) in [6.07, 6.45) is 4.32. The molecule has 2 aromatic rings. The van der Waals surface area contributed by atoms with Crippen LogP contribution in [0.15, 0.2) is 30.6 Å². The van der Waals surface area contributed by atoms with E-state index in [9.17, 15) is 10.1 Å². The third kappa shape index (κ3) is 2.46. The first-order valence-electron chi connectivity index (χ1n) is 5.97. The van der Waals surface area contributed by atoms with Gasteiger partial charge in [0.15, 0.2) is 0 Å². The van der Waals surface area contributed by atoms with Crippen LogP contribution >= 0.6 is 23.2 Å². The van der Waals surface area contributed by atoms with Gasteiger partial charge in [0.2, 0.25) is 5.28 Å². The molecule has 0 spiro atoms. The Balaban J connectivity index is 1.84. The molecule has 5 nitrogen and oxygen atoms in total. The van der Waals surface area contributed by atoms with Crippen LogP contribution in [-0.4, -0.2) is 14.9 Å².